The molecule has 4 rings (SSSR count). The molecular weight excluding hydrogens is 410 g/mol. The molecule has 2 N–H and O–H groups in total. The number of amides is 1. The van der Waals surface area contributed by atoms with Crippen LogP contribution in [0.25, 0.3) is 0 Å². The summed E-state index contributed by atoms with van der Waals surface area (Å²) in [5.74, 6) is 1.11. The van der Waals surface area contributed by atoms with E-state index in [0.717, 1.165) is 50.7 Å². The van der Waals surface area contributed by atoms with Gasteiger partial charge in [0.2, 0.25) is 5.91 Å². The standard InChI is InChI=1S/C27H37N5O/c1-2-28-27(30-20-25(31-15-6-7-16-31)24-12-4-3-5-13-24)29-19-22-10-8-11-23(18-22)21-32-17-9-14-26(32)33/h3-5,8,10-13,18,25H,2,6-7,9,14-17,19-21H2,1H3,(H2,28,29,30). The van der Waals surface area contributed by atoms with Gasteiger partial charge in [0, 0.05) is 32.6 Å². The number of nitrogens with zero attached hydrogens (tertiary/aromatic N) is 3. The zero-order valence-corrected chi connectivity index (χ0v) is 19.8. The van der Waals surface area contributed by atoms with E-state index >= 15 is 0 Å². The molecule has 0 spiro atoms. The first-order valence-corrected chi connectivity index (χ1v) is 12.4. The van der Waals surface area contributed by atoms with Crippen molar-refractivity contribution < 1.29 is 4.79 Å². The molecular formula is C27H37N5O. The van der Waals surface area contributed by atoms with Gasteiger partial charge in [0.15, 0.2) is 5.96 Å². The van der Waals surface area contributed by atoms with Crippen LogP contribution < -0.4 is 10.6 Å². The van der Waals surface area contributed by atoms with Crippen molar-refractivity contribution in [1.82, 2.24) is 20.4 Å². The first kappa shape index (κ1) is 23.3. The van der Waals surface area contributed by atoms with Gasteiger partial charge in [-0.05, 0) is 56.0 Å². The third-order valence-corrected chi connectivity index (χ3v) is 6.53. The molecule has 0 bridgehead atoms. The largest absolute Gasteiger partial charge is 0.357 e. The Labute approximate surface area is 198 Å². The fourth-order valence-corrected chi connectivity index (χ4v) is 4.81. The van der Waals surface area contributed by atoms with Crippen molar-refractivity contribution in [2.24, 2.45) is 4.99 Å². The number of carbonyl (C=O) groups is 1. The average molecular weight is 448 g/mol. The van der Waals surface area contributed by atoms with Crippen LogP contribution in [0.4, 0.5) is 0 Å². The van der Waals surface area contributed by atoms with Crippen molar-refractivity contribution in [3.8, 4) is 0 Å². The van der Waals surface area contributed by atoms with Gasteiger partial charge in [-0.25, -0.2) is 4.99 Å². The molecule has 1 unspecified atom stereocenters. The molecule has 1 amide bonds. The lowest BCUT2D eigenvalue weighted by atomic mass is 10.1. The summed E-state index contributed by atoms with van der Waals surface area (Å²) in [5, 5.41) is 6.99. The molecule has 176 valence electrons. The lowest BCUT2D eigenvalue weighted by Crippen LogP contribution is -2.42. The number of likely N-dealkylation sites (tertiary alicyclic amines) is 2. The maximum absolute atomic E-state index is 12.0. The van der Waals surface area contributed by atoms with Gasteiger partial charge in [-0.1, -0.05) is 54.6 Å². The average Bonchev–Trinajstić information content (AvgIpc) is 3.51. The molecule has 2 heterocycles. The number of guanidine groups is 1. The zero-order chi connectivity index (χ0) is 22.9. The van der Waals surface area contributed by atoms with Crippen molar-refractivity contribution in [3.05, 3.63) is 71.3 Å². The highest BCUT2D eigenvalue weighted by Gasteiger charge is 2.23. The van der Waals surface area contributed by atoms with Gasteiger partial charge in [0.25, 0.3) is 0 Å². The minimum absolute atomic E-state index is 0.267. The Bertz CT molecular complexity index is 923. The van der Waals surface area contributed by atoms with Crippen LogP contribution in [0.2, 0.25) is 0 Å². The van der Waals surface area contributed by atoms with E-state index in [1.165, 1.54) is 24.0 Å². The number of benzene rings is 2. The van der Waals surface area contributed by atoms with Crippen LogP contribution in [0.15, 0.2) is 59.6 Å². The predicted molar refractivity (Wildman–Crippen MR) is 134 cm³/mol. The maximum atomic E-state index is 12.0. The van der Waals surface area contributed by atoms with Crippen molar-refractivity contribution in [1.29, 1.82) is 0 Å². The highest BCUT2D eigenvalue weighted by atomic mass is 16.2. The van der Waals surface area contributed by atoms with Gasteiger partial charge in [0.05, 0.1) is 12.6 Å². The van der Waals surface area contributed by atoms with Gasteiger partial charge in [-0.15, -0.1) is 0 Å². The molecule has 0 aromatic heterocycles. The molecule has 2 fully saturated rings. The summed E-state index contributed by atoms with van der Waals surface area (Å²) in [5.41, 5.74) is 3.69. The van der Waals surface area contributed by atoms with Crippen LogP contribution in [0.5, 0.6) is 0 Å². The molecule has 6 nitrogen and oxygen atoms in total. The molecule has 2 aromatic rings. The van der Waals surface area contributed by atoms with E-state index in [9.17, 15) is 4.79 Å². The molecule has 33 heavy (non-hydrogen) atoms. The highest BCUT2D eigenvalue weighted by Crippen LogP contribution is 2.24. The van der Waals surface area contributed by atoms with E-state index in [4.69, 9.17) is 4.99 Å². The van der Waals surface area contributed by atoms with E-state index in [1.807, 2.05) is 4.90 Å². The summed E-state index contributed by atoms with van der Waals surface area (Å²) in [6, 6.07) is 19.6. The molecule has 1 atom stereocenters. The predicted octanol–water partition coefficient (Wildman–Crippen LogP) is 3.70. The third-order valence-electron chi connectivity index (χ3n) is 6.53. The Morgan fingerprint density at radius 1 is 0.970 bits per heavy atom. The normalized spacial score (nSPS) is 18.0. The topological polar surface area (TPSA) is 60.0 Å². The first-order valence-electron chi connectivity index (χ1n) is 12.4. The van der Waals surface area contributed by atoms with E-state index < -0.39 is 0 Å². The van der Waals surface area contributed by atoms with E-state index in [1.54, 1.807) is 0 Å². The smallest absolute Gasteiger partial charge is 0.222 e. The fourth-order valence-electron chi connectivity index (χ4n) is 4.81. The zero-order valence-electron chi connectivity index (χ0n) is 19.8. The Morgan fingerprint density at radius 3 is 2.48 bits per heavy atom. The lowest BCUT2D eigenvalue weighted by molar-refractivity contribution is -0.128. The second kappa shape index (κ2) is 11.8. The Balaban J connectivity index is 1.39. The van der Waals surface area contributed by atoms with Crippen LogP contribution in [0.3, 0.4) is 0 Å². The summed E-state index contributed by atoms with van der Waals surface area (Å²) in [7, 11) is 0. The summed E-state index contributed by atoms with van der Waals surface area (Å²) in [6.45, 7) is 8.23. The molecule has 2 saturated heterocycles. The summed E-state index contributed by atoms with van der Waals surface area (Å²) in [4.78, 5) is 21.4. The monoisotopic (exact) mass is 447 g/mol. The first-order chi connectivity index (χ1) is 16.2. The molecule has 0 saturated carbocycles. The van der Waals surface area contributed by atoms with Crippen LogP contribution in [0, 0.1) is 0 Å². The summed E-state index contributed by atoms with van der Waals surface area (Å²) in [6.07, 6.45) is 4.21. The van der Waals surface area contributed by atoms with Gasteiger partial charge in [0.1, 0.15) is 0 Å². The molecule has 2 aliphatic heterocycles. The Kier molecular flexibility index (Phi) is 8.36. The number of nitrogens with one attached hydrogen (secondary N) is 2. The number of hydrogen-bond acceptors (Lipinski definition) is 3. The van der Waals surface area contributed by atoms with E-state index in [0.29, 0.717) is 25.6 Å². The Morgan fingerprint density at radius 2 is 1.76 bits per heavy atom. The molecule has 0 radical (unpaired) electrons. The van der Waals surface area contributed by atoms with Crippen LogP contribution in [0.1, 0.15) is 55.3 Å². The minimum Gasteiger partial charge on any atom is -0.357 e. The van der Waals surface area contributed by atoms with Crippen molar-refractivity contribution >= 4 is 11.9 Å². The van der Waals surface area contributed by atoms with Crippen LogP contribution >= 0.6 is 0 Å². The van der Waals surface area contributed by atoms with Crippen molar-refractivity contribution in [2.45, 2.75) is 51.7 Å². The summed E-state index contributed by atoms with van der Waals surface area (Å²) >= 11 is 0. The fraction of sp³-hybridized carbons (Fsp3) is 0.481. The molecule has 2 aromatic carbocycles. The SMILES string of the molecule is CCNC(=NCc1cccc(CN2CCCC2=O)c1)NCC(c1ccccc1)N1CCCC1. The van der Waals surface area contributed by atoms with E-state index in [-0.39, 0.29) is 5.91 Å². The van der Waals surface area contributed by atoms with Crippen LogP contribution in [-0.4, -0.2) is 54.4 Å². The van der Waals surface area contributed by atoms with Crippen molar-refractivity contribution in [2.75, 3.05) is 32.7 Å². The number of rotatable bonds is 9. The number of hydrogen-bond donors (Lipinski definition) is 2. The maximum Gasteiger partial charge on any atom is 0.222 e. The minimum atomic E-state index is 0.267. The van der Waals surface area contributed by atoms with Gasteiger partial charge >= 0.3 is 0 Å². The van der Waals surface area contributed by atoms with Gasteiger partial charge in [-0.3, -0.25) is 9.69 Å². The number of carbonyl (C=O) groups excluding carboxylic acids is 1. The number of aliphatic imine (C=N–C) groups is 1. The molecule has 6 heteroatoms. The van der Waals surface area contributed by atoms with Crippen molar-refractivity contribution in [3.63, 3.8) is 0 Å². The quantitative estimate of drug-likeness (QED) is 0.455. The third kappa shape index (κ3) is 6.57. The highest BCUT2D eigenvalue weighted by molar-refractivity contribution is 5.80. The summed E-state index contributed by atoms with van der Waals surface area (Å²) < 4.78 is 0. The molecule has 2 aliphatic rings. The second-order valence-corrected chi connectivity index (χ2v) is 8.98. The lowest BCUT2D eigenvalue weighted by Gasteiger charge is -2.29. The van der Waals surface area contributed by atoms with Gasteiger partial charge in [-0.2, -0.15) is 0 Å². The van der Waals surface area contributed by atoms with Gasteiger partial charge < -0.3 is 15.5 Å². The Hall–Kier alpha value is -2.86. The van der Waals surface area contributed by atoms with Crippen LogP contribution in [-0.2, 0) is 17.9 Å². The second-order valence-electron chi connectivity index (χ2n) is 8.98. The molecule has 0 aliphatic carbocycles. The van der Waals surface area contributed by atoms with E-state index in [2.05, 4.69) is 77.1 Å².